The minimum absolute atomic E-state index is 0.00723. The maximum Gasteiger partial charge on any atom is 0.194 e. The molecule has 4 aromatic rings. The van der Waals surface area contributed by atoms with Gasteiger partial charge in [-0.05, 0) is 44.9 Å². The first kappa shape index (κ1) is 27.1. The zero-order chi connectivity index (χ0) is 29.9. The van der Waals surface area contributed by atoms with Crippen LogP contribution in [0.4, 0.5) is 0 Å². The SMILES string of the molecule is CC(=O)c1c(O)c(C)c(O)c2c1OC1=CC(=O)/C(=C(/C)NC[C@H](c3ccccc3)c3c[nH]c4ccccc34)C(=O)[C@@]12C. The largest absolute Gasteiger partial charge is 0.507 e. The number of carbonyl (C=O) groups is 3. The van der Waals surface area contributed by atoms with Crippen LogP contribution in [-0.2, 0) is 15.0 Å². The van der Waals surface area contributed by atoms with Gasteiger partial charge in [-0.1, -0.05) is 48.5 Å². The Bertz CT molecular complexity index is 1880. The first-order valence-electron chi connectivity index (χ1n) is 13.7. The van der Waals surface area contributed by atoms with E-state index in [2.05, 4.69) is 16.4 Å². The van der Waals surface area contributed by atoms with Gasteiger partial charge in [0.15, 0.2) is 17.3 Å². The summed E-state index contributed by atoms with van der Waals surface area (Å²) >= 11 is 0. The van der Waals surface area contributed by atoms with E-state index in [0.717, 1.165) is 22.0 Å². The van der Waals surface area contributed by atoms with Crippen LogP contribution in [0.25, 0.3) is 10.9 Å². The van der Waals surface area contributed by atoms with Crippen molar-refractivity contribution in [1.82, 2.24) is 10.3 Å². The van der Waals surface area contributed by atoms with Gasteiger partial charge < -0.3 is 25.3 Å². The van der Waals surface area contributed by atoms with E-state index >= 15 is 0 Å². The van der Waals surface area contributed by atoms with E-state index in [-0.39, 0.29) is 45.4 Å². The summed E-state index contributed by atoms with van der Waals surface area (Å²) in [5.74, 6) is -2.57. The molecule has 0 radical (unpaired) electrons. The number of fused-ring (bicyclic) bond motifs is 4. The molecule has 0 bridgehead atoms. The van der Waals surface area contributed by atoms with Crippen LogP contribution in [0.15, 0.2) is 83.9 Å². The summed E-state index contributed by atoms with van der Waals surface area (Å²) in [6, 6.07) is 18.0. The molecule has 2 aliphatic rings. The zero-order valence-corrected chi connectivity index (χ0v) is 23.7. The lowest BCUT2D eigenvalue weighted by Gasteiger charge is -2.29. The van der Waals surface area contributed by atoms with Crippen molar-refractivity contribution in [2.24, 2.45) is 0 Å². The van der Waals surface area contributed by atoms with Gasteiger partial charge in [0, 0.05) is 46.9 Å². The number of ether oxygens (including phenoxy) is 1. The van der Waals surface area contributed by atoms with Crippen molar-refractivity contribution in [3.05, 3.63) is 112 Å². The van der Waals surface area contributed by atoms with Crippen LogP contribution >= 0.6 is 0 Å². The number of phenolic OH excluding ortho intramolecular Hbond substituents is 2. The maximum atomic E-state index is 14.2. The molecule has 0 unspecified atom stereocenters. The molecule has 1 aliphatic carbocycles. The number of H-pyrrole nitrogens is 1. The predicted octanol–water partition coefficient (Wildman–Crippen LogP) is 5.47. The molecule has 2 heterocycles. The summed E-state index contributed by atoms with van der Waals surface area (Å²) in [4.78, 5) is 43.3. The topological polar surface area (TPSA) is 129 Å². The highest BCUT2D eigenvalue weighted by atomic mass is 16.5. The number of nitrogens with one attached hydrogen (secondary N) is 2. The highest BCUT2D eigenvalue weighted by molar-refractivity contribution is 6.31. The molecule has 3 aromatic carbocycles. The Morgan fingerprint density at radius 3 is 2.43 bits per heavy atom. The van der Waals surface area contributed by atoms with E-state index in [1.54, 1.807) is 13.8 Å². The number of aromatic nitrogens is 1. The molecule has 2 atom stereocenters. The molecular weight excluding hydrogens is 532 g/mol. The molecule has 8 heteroatoms. The first-order chi connectivity index (χ1) is 20.1. The summed E-state index contributed by atoms with van der Waals surface area (Å²) in [5, 5.41) is 26.1. The molecule has 4 N–H and O–H groups in total. The fraction of sp³-hybridized carbons (Fsp3) is 0.206. The van der Waals surface area contributed by atoms with Crippen molar-refractivity contribution >= 4 is 28.3 Å². The molecule has 6 rings (SSSR count). The number of para-hydroxylation sites is 1. The van der Waals surface area contributed by atoms with Gasteiger partial charge in [-0.2, -0.15) is 0 Å². The van der Waals surface area contributed by atoms with E-state index in [9.17, 15) is 24.6 Å². The molecular formula is C34H30N2O6. The smallest absolute Gasteiger partial charge is 0.194 e. The quantitative estimate of drug-likeness (QED) is 0.139. The highest BCUT2D eigenvalue weighted by Crippen LogP contribution is 2.57. The van der Waals surface area contributed by atoms with Crippen molar-refractivity contribution in [3.63, 3.8) is 0 Å². The number of hydrogen-bond acceptors (Lipinski definition) is 7. The number of benzene rings is 3. The van der Waals surface area contributed by atoms with Gasteiger partial charge in [0.2, 0.25) is 0 Å². The summed E-state index contributed by atoms with van der Waals surface area (Å²) in [7, 11) is 0. The molecule has 0 spiro atoms. The van der Waals surface area contributed by atoms with Crippen molar-refractivity contribution in [2.45, 2.75) is 39.0 Å². The first-order valence-corrected chi connectivity index (χ1v) is 13.7. The Kier molecular flexibility index (Phi) is 6.30. The van der Waals surface area contributed by atoms with Crippen molar-refractivity contribution in [3.8, 4) is 17.2 Å². The number of allylic oxidation sites excluding steroid dienone is 4. The Balaban J connectivity index is 1.41. The number of aromatic amines is 1. The average Bonchev–Trinajstić information content (AvgIpc) is 3.52. The van der Waals surface area contributed by atoms with Gasteiger partial charge in [0.25, 0.3) is 0 Å². The van der Waals surface area contributed by atoms with E-state index < -0.39 is 28.5 Å². The Morgan fingerprint density at radius 2 is 1.71 bits per heavy atom. The highest BCUT2D eigenvalue weighted by Gasteiger charge is 2.56. The molecule has 8 nitrogen and oxygen atoms in total. The summed E-state index contributed by atoms with van der Waals surface area (Å²) in [5.41, 5.74) is 1.91. The number of Topliss-reactive ketones (excluding diaryl/α,β-unsaturated/α-hetero) is 2. The fourth-order valence-corrected chi connectivity index (χ4v) is 6.18. The number of aromatic hydroxyl groups is 2. The summed E-state index contributed by atoms with van der Waals surface area (Å²) in [6.07, 6.45) is 3.21. The van der Waals surface area contributed by atoms with Crippen LogP contribution in [0.2, 0.25) is 0 Å². The van der Waals surface area contributed by atoms with Gasteiger partial charge in [-0.3, -0.25) is 14.4 Å². The third kappa shape index (κ3) is 3.86. The number of hydrogen-bond donors (Lipinski definition) is 4. The molecule has 42 heavy (non-hydrogen) atoms. The van der Waals surface area contributed by atoms with Crippen LogP contribution in [0.3, 0.4) is 0 Å². The minimum Gasteiger partial charge on any atom is -0.507 e. The monoisotopic (exact) mass is 562 g/mol. The second-order valence-electron chi connectivity index (χ2n) is 11.0. The maximum absolute atomic E-state index is 14.2. The minimum atomic E-state index is -1.57. The molecule has 0 saturated heterocycles. The van der Waals surface area contributed by atoms with Gasteiger partial charge >= 0.3 is 0 Å². The lowest BCUT2D eigenvalue weighted by atomic mass is 9.70. The molecule has 0 fully saturated rings. The third-order valence-electron chi connectivity index (χ3n) is 8.53. The van der Waals surface area contributed by atoms with Crippen LogP contribution in [0.1, 0.15) is 59.3 Å². The molecule has 0 amide bonds. The molecule has 1 aliphatic heterocycles. The van der Waals surface area contributed by atoms with Crippen LogP contribution < -0.4 is 10.1 Å². The summed E-state index contributed by atoms with van der Waals surface area (Å²) in [6.45, 7) is 6.36. The van der Waals surface area contributed by atoms with Crippen molar-refractivity contribution in [1.29, 1.82) is 0 Å². The molecule has 1 aromatic heterocycles. The predicted molar refractivity (Wildman–Crippen MR) is 158 cm³/mol. The van der Waals surface area contributed by atoms with E-state index in [1.807, 2.05) is 54.7 Å². The van der Waals surface area contributed by atoms with Crippen molar-refractivity contribution < 1.29 is 29.3 Å². The molecule has 212 valence electrons. The Labute approximate surface area is 242 Å². The normalized spacial score (nSPS) is 19.6. The second-order valence-corrected chi connectivity index (χ2v) is 11.0. The standard InChI is InChI=1S/C34H30N2O6/c1-17-30(39)28(19(3)37)32-29(31(17)40)34(4)26(42-32)14-25(38)27(33(34)41)18(2)35-15-22(20-10-6-5-7-11-20)23-16-36-24-13-9-8-12-21(23)24/h5-14,16,22,35-36,39-40H,15H2,1-4H3/b27-18+/t22-,34+/m1/s1. The van der Waals surface area contributed by atoms with Gasteiger partial charge in [-0.15, -0.1) is 0 Å². The van der Waals surface area contributed by atoms with Gasteiger partial charge in [0.05, 0.1) is 11.1 Å². The average molecular weight is 563 g/mol. The van der Waals surface area contributed by atoms with Crippen LogP contribution in [0, 0.1) is 6.92 Å². The van der Waals surface area contributed by atoms with Crippen LogP contribution in [0.5, 0.6) is 17.2 Å². The lowest BCUT2D eigenvalue weighted by Crippen LogP contribution is -2.41. The van der Waals surface area contributed by atoms with E-state index in [1.165, 1.54) is 19.9 Å². The Hall–Kier alpha value is -5.11. The number of rotatable bonds is 6. The fourth-order valence-electron chi connectivity index (χ4n) is 6.18. The van der Waals surface area contributed by atoms with E-state index in [4.69, 9.17) is 4.74 Å². The lowest BCUT2D eigenvalue weighted by molar-refractivity contribution is -0.123. The molecule has 0 saturated carbocycles. The van der Waals surface area contributed by atoms with Crippen LogP contribution in [-0.4, -0.2) is 39.1 Å². The third-order valence-corrected chi connectivity index (χ3v) is 8.53. The van der Waals surface area contributed by atoms with Crippen molar-refractivity contribution in [2.75, 3.05) is 6.54 Å². The summed E-state index contributed by atoms with van der Waals surface area (Å²) < 4.78 is 5.87. The second kappa shape index (κ2) is 9.76. The van der Waals surface area contributed by atoms with E-state index in [0.29, 0.717) is 12.2 Å². The zero-order valence-electron chi connectivity index (χ0n) is 23.7. The van der Waals surface area contributed by atoms with Gasteiger partial charge in [0.1, 0.15) is 34.0 Å². The number of phenols is 2. The number of carbonyl (C=O) groups excluding carboxylic acids is 3. The van der Waals surface area contributed by atoms with Gasteiger partial charge in [-0.25, -0.2) is 0 Å². The Morgan fingerprint density at radius 1 is 1.02 bits per heavy atom. The number of ketones is 3.